The smallest absolute Gasteiger partial charge is 0.165 e. The first-order chi connectivity index (χ1) is 8.65. The largest absolute Gasteiger partial charge is 0.380 e. The summed E-state index contributed by atoms with van der Waals surface area (Å²) in [6.07, 6.45) is 0.533. The molecule has 4 heteroatoms. The first kappa shape index (κ1) is 15.3. The summed E-state index contributed by atoms with van der Waals surface area (Å²) in [5, 5.41) is 0. The predicted octanol–water partition coefficient (Wildman–Crippen LogP) is 2.99. The Kier molecular flexibility index (Phi) is 7.16. The van der Waals surface area contributed by atoms with Gasteiger partial charge in [0, 0.05) is 36.2 Å². The number of nitrogens with zero attached hydrogens (tertiary/aromatic N) is 1. The number of hydrogen-bond donors (Lipinski definition) is 0. The Balaban J connectivity index is 2.35. The molecule has 0 aliphatic carbocycles. The number of carbonyl (C=O) groups excluding carboxylic acids is 1. The van der Waals surface area contributed by atoms with E-state index in [2.05, 4.69) is 20.8 Å². The highest BCUT2D eigenvalue weighted by molar-refractivity contribution is 9.10. The summed E-state index contributed by atoms with van der Waals surface area (Å²) < 4.78 is 6.15. The molecule has 1 aromatic rings. The molecule has 0 bridgehead atoms. The fraction of sp³-hybridized carbons (Fsp3) is 0.500. The molecule has 0 saturated heterocycles. The molecule has 0 amide bonds. The summed E-state index contributed by atoms with van der Waals surface area (Å²) in [4.78, 5) is 14.1. The number of Topliss-reactive ketones (excluding diaryl/α,β-unsaturated/α-hetero) is 1. The summed E-state index contributed by atoms with van der Waals surface area (Å²) in [6, 6.07) is 7.55. The van der Waals surface area contributed by atoms with Crippen molar-refractivity contribution in [2.75, 3.05) is 33.4 Å². The third-order valence-electron chi connectivity index (χ3n) is 2.72. The lowest BCUT2D eigenvalue weighted by Gasteiger charge is -2.15. The number of hydrogen-bond acceptors (Lipinski definition) is 3. The maximum absolute atomic E-state index is 12.0. The third-order valence-corrected chi connectivity index (χ3v) is 3.41. The van der Waals surface area contributed by atoms with Gasteiger partial charge in [0.25, 0.3) is 0 Å². The molecule has 100 valence electrons. The fourth-order valence-electron chi connectivity index (χ4n) is 1.59. The van der Waals surface area contributed by atoms with Gasteiger partial charge in [0.15, 0.2) is 5.78 Å². The minimum Gasteiger partial charge on any atom is -0.380 e. The molecule has 3 nitrogen and oxygen atoms in total. The molecule has 0 heterocycles. The van der Waals surface area contributed by atoms with Crippen LogP contribution in [0.5, 0.6) is 0 Å². The van der Waals surface area contributed by atoms with Gasteiger partial charge in [-0.1, -0.05) is 34.1 Å². The second-order valence-corrected chi connectivity index (χ2v) is 5.01. The van der Waals surface area contributed by atoms with E-state index in [9.17, 15) is 4.79 Å². The average Bonchev–Trinajstić information content (AvgIpc) is 2.37. The number of benzene rings is 1. The quantitative estimate of drug-likeness (QED) is 0.546. The van der Waals surface area contributed by atoms with E-state index >= 15 is 0 Å². The molecule has 0 N–H and O–H groups in total. The fourth-order valence-corrected chi connectivity index (χ4v) is 2.10. The number of halogens is 1. The van der Waals surface area contributed by atoms with Crippen LogP contribution in [-0.2, 0) is 4.74 Å². The monoisotopic (exact) mass is 313 g/mol. The van der Waals surface area contributed by atoms with Crippen LogP contribution in [0.1, 0.15) is 23.7 Å². The van der Waals surface area contributed by atoms with Gasteiger partial charge in [-0.2, -0.15) is 0 Å². The molecule has 0 aromatic heterocycles. The van der Waals surface area contributed by atoms with Crippen LogP contribution in [0.15, 0.2) is 28.7 Å². The standard InChI is InChI=1S/C14H20BrNO2/c1-3-18-11-10-16(2)9-8-14(17)12-6-4-5-7-13(12)15/h4-7H,3,8-11H2,1-2H3. The number of rotatable bonds is 8. The molecule has 18 heavy (non-hydrogen) atoms. The van der Waals surface area contributed by atoms with Crippen molar-refractivity contribution in [1.82, 2.24) is 4.90 Å². The van der Waals surface area contributed by atoms with Crippen LogP contribution in [0.3, 0.4) is 0 Å². The lowest BCUT2D eigenvalue weighted by molar-refractivity contribution is 0.0945. The van der Waals surface area contributed by atoms with Crippen LogP contribution in [0.4, 0.5) is 0 Å². The van der Waals surface area contributed by atoms with Gasteiger partial charge >= 0.3 is 0 Å². The molecule has 0 aliphatic heterocycles. The van der Waals surface area contributed by atoms with Crippen LogP contribution in [0.2, 0.25) is 0 Å². The zero-order valence-electron chi connectivity index (χ0n) is 11.0. The van der Waals surface area contributed by atoms with Crippen molar-refractivity contribution < 1.29 is 9.53 Å². The Bertz CT molecular complexity index is 382. The topological polar surface area (TPSA) is 29.5 Å². The first-order valence-corrected chi connectivity index (χ1v) is 6.98. The second-order valence-electron chi connectivity index (χ2n) is 4.15. The number of likely N-dealkylation sites (N-methyl/N-ethyl adjacent to an activating group) is 1. The van der Waals surface area contributed by atoms with Crippen LogP contribution in [-0.4, -0.2) is 44.0 Å². The van der Waals surface area contributed by atoms with E-state index in [-0.39, 0.29) is 5.78 Å². The first-order valence-electron chi connectivity index (χ1n) is 6.19. The molecule has 0 spiro atoms. The van der Waals surface area contributed by atoms with Gasteiger partial charge in [-0.3, -0.25) is 4.79 Å². The Morgan fingerprint density at radius 3 is 2.72 bits per heavy atom. The predicted molar refractivity (Wildman–Crippen MR) is 77.1 cm³/mol. The van der Waals surface area contributed by atoms with Crippen LogP contribution >= 0.6 is 15.9 Å². The molecule has 1 aromatic carbocycles. The average molecular weight is 314 g/mol. The van der Waals surface area contributed by atoms with Gasteiger partial charge in [0.2, 0.25) is 0 Å². The molecule has 0 aliphatic rings. The maximum atomic E-state index is 12.0. The number of ether oxygens (including phenoxy) is 1. The Morgan fingerprint density at radius 2 is 2.06 bits per heavy atom. The van der Waals surface area contributed by atoms with E-state index in [0.717, 1.165) is 36.3 Å². The van der Waals surface area contributed by atoms with E-state index in [1.54, 1.807) is 0 Å². The Labute approximate surface area is 117 Å². The van der Waals surface area contributed by atoms with E-state index in [4.69, 9.17) is 4.74 Å². The van der Waals surface area contributed by atoms with Gasteiger partial charge in [-0.15, -0.1) is 0 Å². The maximum Gasteiger partial charge on any atom is 0.165 e. The van der Waals surface area contributed by atoms with Gasteiger partial charge < -0.3 is 9.64 Å². The number of ketones is 1. The van der Waals surface area contributed by atoms with Crippen molar-refractivity contribution in [2.45, 2.75) is 13.3 Å². The zero-order valence-corrected chi connectivity index (χ0v) is 12.6. The summed E-state index contributed by atoms with van der Waals surface area (Å²) >= 11 is 3.40. The van der Waals surface area contributed by atoms with Crippen molar-refractivity contribution in [2.24, 2.45) is 0 Å². The molecule has 0 atom stereocenters. The highest BCUT2D eigenvalue weighted by Crippen LogP contribution is 2.17. The second kappa shape index (κ2) is 8.40. The van der Waals surface area contributed by atoms with E-state index < -0.39 is 0 Å². The SMILES string of the molecule is CCOCCN(C)CCC(=O)c1ccccc1Br. The highest BCUT2D eigenvalue weighted by Gasteiger charge is 2.10. The summed E-state index contributed by atoms with van der Waals surface area (Å²) in [5.74, 6) is 0.172. The van der Waals surface area contributed by atoms with Crippen molar-refractivity contribution in [3.63, 3.8) is 0 Å². The lowest BCUT2D eigenvalue weighted by atomic mass is 10.1. The van der Waals surface area contributed by atoms with Crippen molar-refractivity contribution in [3.8, 4) is 0 Å². The molecular weight excluding hydrogens is 294 g/mol. The Morgan fingerprint density at radius 1 is 1.33 bits per heavy atom. The lowest BCUT2D eigenvalue weighted by Crippen LogP contribution is -2.26. The minimum atomic E-state index is 0.172. The van der Waals surface area contributed by atoms with E-state index in [0.29, 0.717) is 6.42 Å². The molecule has 0 saturated carbocycles. The summed E-state index contributed by atoms with van der Waals surface area (Å²) in [5.41, 5.74) is 0.760. The molecule has 0 unspecified atom stereocenters. The van der Waals surface area contributed by atoms with Crippen LogP contribution < -0.4 is 0 Å². The molecule has 1 rings (SSSR count). The van der Waals surface area contributed by atoms with Gasteiger partial charge in [0.05, 0.1) is 6.61 Å². The summed E-state index contributed by atoms with van der Waals surface area (Å²) in [6.45, 7) is 5.06. The van der Waals surface area contributed by atoms with Gasteiger partial charge in [0.1, 0.15) is 0 Å². The van der Waals surface area contributed by atoms with E-state index in [1.165, 1.54) is 0 Å². The molecule has 0 radical (unpaired) electrons. The van der Waals surface area contributed by atoms with E-state index in [1.807, 2.05) is 38.2 Å². The van der Waals surface area contributed by atoms with Crippen molar-refractivity contribution >= 4 is 21.7 Å². The summed E-state index contributed by atoms with van der Waals surface area (Å²) in [7, 11) is 2.01. The number of carbonyl (C=O) groups is 1. The third kappa shape index (κ3) is 5.29. The minimum absolute atomic E-state index is 0.172. The van der Waals surface area contributed by atoms with Gasteiger partial charge in [-0.05, 0) is 20.0 Å². The normalized spacial score (nSPS) is 10.9. The van der Waals surface area contributed by atoms with Crippen molar-refractivity contribution in [3.05, 3.63) is 34.3 Å². The van der Waals surface area contributed by atoms with Crippen molar-refractivity contribution in [1.29, 1.82) is 0 Å². The zero-order chi connectivity index (χ0) is 13.4. The molecule has 0 fully saturated rings. The molecular formula is C14H20BrNO2. The highest BCUT2D eigenvalue weighted by atomic mass is 79.9. The van der Waals surface area contributed by atoms with Crippen LogP contribution in [0.25, 0.3) is 0 Å². The van der Waals surface area contributed by atoms with Gasteiger partial charge in [-0.25, -0.2) is 0 Å². The van der Waals surface area contributed by atoms with Crippen LogP contribution in [0, 0.1) is 0 Å². The Hall–Kier alpha value is -0.710.